The van der Waals surface area contributed by atoms with E-state index in [-0.39, 0.29) is 11.7 Å². The van der Waals surface area contributed by atoms with E-state index in [4.69, 9.17) is 5.11 Å². The van der Waals surface area contributed by atoms with Gasteiger partial charge in [0, 0.05) is 13.5 Å². The van der Waals surface area contributed by atoms with E-state index in [9.17, 15) is 4.79 Å². The maximum atomic E-state index is 10.8. The van der Waals surface area contributed by atoms with E-state index in [2.05, 4.69) is 5.32 Å². The molecule has 3 heteroatoms. The van der Waals surface area contributed by atoms with Gasteiger partial charge in [0.25, 0.3) is 0 Å². The Morgan fingerprint density at radius 2 is 2.10 bits per heavy atom. The molecule has 58 valence electrons. The highest BCUT2D eigenvalue weighted by Gasteiger charge is 2.04. The molecule has 3 nitrogen and oxygen atoms in total. The fourth-order valence-electron chi connectivity index (χ4n) is 0.584. The van der Waals surface area contributed by atoms with Crippen LogP contribution in [0.4, 0.5) is 0 Å². The number of aliphatic hydroxyl groups excluding tert-OH is 1. The first-order valence-corrected chi connectivity index (χ1v) is 3.24. The lowest BCUT2D eigenvalue weighted by molar-refractivity contribution is -0.117. The van der Waals surface area contributed by atoms with E-state index in [1.807, 2.05) is 0 Å². The second-order valence-electron chi connectivity index (χ2n) is 2.00. The van der Waals surface area contributed by atoms with E-state index >= 15 is 0 Å². The van der Waals surface area contributed by atoms with Crippen LogP contribution in [0.15, 0.2) is 11.3 Å². The van der Waals surface area contributed by atoms with Gasteiger partial charge in [0.2, 0.25) is 5.91 Å². The van der Waals surface area contributed by atoms with E-state index in [1.165, 1.54) is 7.05 Å². The smallest absolute Gasteiger partial charge is 0.250 e. The minimum Gasteiger partial charge on any atom is -0.512 e. The molecule has 1 amide bonds. The molecule has 0 aromatic carbocycles. The Kier molecular flexibility index (Phi) is 3.54. The van der Waals surface area contributed by atoms with Crippen LogP contribution in [0.25, 0.3) is 0 Å². The van der Waals surface area contributed by atoms with E-state index in [1.54, 1.807) is 13.8 Å². The third-order valence-electron chi connectivity index (χ3n) is 1.34. The third-order valence-corrected chi connectivity index (χ3v) is 1.34. The summed E-state index contributed by atoms with van der Waals surface area (Å²) < 4.78 is 0. The summed E-state index contributed by atoms with van der Waals surface area (Å²) in [5.74, 6) is -0.0706. The molecule has 0 unspecified atom stereocenters. The van der Waals surface area contributed by atoms with Gasteiger partial charge in [-0.15, -0.1) is 0 Å². The SMILES string of the molecule is CC/C(O)=C(\C)C(=O)NC. The summed E-state index contributed by atoms with van der Waals surface area (Å²) in [7, 11) is 1.54. The average molecular weight is 143 g/mol. The van der Waals surface area contributed by atoms with Gasteiger partial charge in [-0.2, -0.15) is 0 Å². The highest BCUT2D eigenvalue weighted by Crippen LogP contribution is 2.03. The molecule has 0 aliphatic rings. The van der Waals surface area contributed by atoms with E-state index in [0.717, 1.165) is 0 Å². The number of nitrogens with one attached hydrogen (secondary N) is 1. The molecule has 2 N–H and O–H groups in total. The first-order chi connectivity index (χ1) is 4.63. The molecule has 0 aliphatic carbocycles. The molecule has 0 saturated carbocycles. The van der Waals surface area contributed by atoms with Crippen molar-refractivity contribution in [1.29, 1.82) is 0 Å². The molecule has 0 atom stereocenters. The zero-order valence-corrected chi connectivity index (χ0v) is 6.56. The van der Waals surface area contributed by atoms with Crippen molar-refractivity contribution in [3.63, 3.8) is 0 Å². The highest BCUT2D eigenvalue weighted by atomic mass is 16.3. The number of likely N-dealkylation sites (N-methyl/N-ethyl adjacent to an activating group) is 1. The van der Waals surface area contributed by atoms with E-state index in [0.29, 0.717) is 12.0 Å². The molecule has 0 aromatic heterocycles. The third kappa shape index (κ3) is 2.09. The number of carbonyl (C=O) groups is 1. The van der Waals surface area contributed by atoms with Crippen LogP contribution >= 0.6 is 0 Å². The summed E-state index contributed by atoms with van der Waals surface area (Å²) in [5.41, 5.74) is 0.394. The first-order valence-electron chi connectivity index (χ1n) is 3.24. The summed E-state index contributed by atoms with van der Waals surface area (Å²) >= 11 is 0. The predicted molar refractivity (Wildman–Crippen MR) is 39.7 cm³/mol. The number of aliphatic hydroxyl groups is 1. The lowest BCUT2D eigenvalue weighted by atomic mass is 10.2. The van der Waals surface area contributed by atoms with Gasteiger partial charge >= 0.3 is 0 Å². The largest absolute Gasteiger partial charge is 0.512 e. The van der Waals surface area contributed by atoms with Crippen LogP contribution in [-0.4, -0.2) is 18.1 Å². The monoisotopic (exact) mass is 143 g/mol. The van der Waals surface area contributed by atoms with Crippen molar-refractivity contribution in [1.82, 2.24) is 5.32 Å². The first kappa shape index (κ1) is 9.01. The summed E-state index contributed by atoms with van der Waals surface area (Å²) in [6.45, 7) is 3.39. The van der Waals surface area contributed by atoms with Crippen molar-refractivity contribution in [3.8, 4) is 0 Å². The van der Waals surface area contributed by atoms with Crippen LogP contribution < -0.4 is 5.32 Å². The number of allylic oxidation sites excluding steroid dienone is 1. The van der Waals surface area contributed by atoms with Gasteiger partial charge in [0.05, 0.1) is 5.57 Å². The Labute approximate surface area is 60.7 Å². The van der Waals surface area contributed by atoms with Crippen molar-refractivity contribution in [2.45, 2.75) is 20.3 Å². The average Bonchev–Trinajstić information content (AvgIpc) is 2.00. The van der Waals surface area contributed by atoms with Crippen LogP contribution in [0, 0.1) is 0 Å². The zero-order valence-electron chi connectivity index (χ0n) is 6.56. The molecule has 0 heterocycles. The van der Waals surface area contributed by atoms with E-state index < -0.39 is 0 Å². The van der Waals surface area contributed by atoms with Gasteiger partial charge in [-0.3, -0.25) is 4.79 Å². The molecular weight excluding hydrogens is 130 g/mol. The molecule has 0 aliphatic heterocycles. The van der Waals surface area contributed by atoms with Crippen LogP contribution in [0.2, 0.25) is 0 Å². The molecule has 0 spiro atoms. The van der Waals surface area contributed by atoms with Crippen molar-refractivity contribution in [2.75, 3.05) is 7.05 Å². The number of rotatable bonds is 2. The van der Waals surface area contributed by atoms with Gasteiger partial charge < -0.3 is 10.4 Å². The molecule has 0 fully saturated rings. The van der Waals surface area contributed by atoms with Crippen molar-refractivity contribution >= 4 is 5.91 Å². The fourth-order valence-corrected chi connectivity index (χ4v) is 0.584. The molecule has 0 aromatic rings. The molecule has 0 rings (SSSR count). The number of amides is 1. The van der Waals surface area contributed by atoms with Gasteiger partial charge in [-0.1, -0.05) is 6.92 Å². The molecule has 0 bridgehead atoms. The number of carbonyl (C=O) groups excluding carboxylic acids is 1. The number of hydrogen-bond donors (Lipinski definition) is 2. The van der Waals surface area contributed by atoms with Gasteiger partial charge in [0.1, 0.15) is 5.76 Å². The molecule has 0 saturated heterocycles. The van der Waals surface area contributed by atoms with Crippen LogP contribution in [0.3, 0.4) is 0 Å². The predicted octanol–water partition coefficient (Wildman–Crippen LogP) is 0.974. The molecular formula is C7H13NO2. The van der Waals surface area contributed by atoms with Crippen LogP contribution in [0.1, 0.15) is 20.3 Å². The van der Waals surface area contributed by atoms with Crippen molar-refractivity contribution in [2.24, 2.45) is 0 Å². The standard InChI is InChI=1S/C7H13NO2/c1-4-6(9)5(2)7(10)8-3/h9H,4H2,1-3H3,(H,8,10)/b6-5-. The van der Waals surface area contributed by atoms with Crippen LogP contribution in [0.5, 0.6) is 0 Å². The Morgan fingerprint density at radius 1 is 1.60 bits per heavy atom. The normalized spacial score (nSPS) is 12.3. The summed E-state index contributed by atoms with van der Waals surface area (Å²) in [5, 5.41) is 11.5. The minimum absolute atomic E-state index is 0.152. The fraction of sp³-hybridized carbons (Fsp3) is 0.571. The highest BCUT2D eigenvalue weighted by molar-refractivity contribution is 5.92. The molecule has 0 radical (unpaired) electrons. The molecule has 10 heavy (non-hydrogen) atoms. The number of hydrogen-bond acceptors (Lipinski definition) is 2. The lowest BCUT2D eigenvalue weighted by Crippen LogP contribution is -2.19. The second kappa shape index (κ2) is 3.93. The second-order valence-corrected chi connectivity index (χ2v) is 2.00. The quantitative estimate of drug-likeness (QED) is 0.447. The summed E-state index contributed by atoms with van der Waals surface area (Å²) in [4.78, 5) is 10.8. The van der Waals surface area contributed by atoms with Crippen molar-refractivity contribution in [3.05, 3.63) is 11.3 Å². The Morgan fingerprint density at radius 3 is 2.40 bits per heavy atom. The lowest BCUT2D eigenvalue weighted by Gasteiger charge is -2.01. The van der Waals surface area contributed by atoms with Gasteiger partial charge in [-0.25, -0.2) is 0 Å². The Hall–Kier alpha value is -0.990. The van der Waals surface area contributed by atoms with Crippen LogP contribution in [-0.2, 0) is 4.79 Å². The summed E-state index contributed by atoms with van der Waals surface area (Å²) in [6, 6.07) is 0. The Balaban J connectivity index is 4.30. The van der Waals surface area contributed by atoms with Crippen molar-refractivity contribution < 1.29 is 9.90 Å². The minimum atomic E-state index is -0.223. The van der Waals surface area contributed by atoms with Gasteiger partial charge in [0.15, 0.2) is 0 Å². The topological polar surface area (TPSA) is 49.3 Å². The van der Waals surface area contributed by atoms with Gasteiger partial charge in [-0.05, 0) is 6.92 Å². The Bertz CT molecular complexity index is 161. The zero-order chi connectivity index (χ0) is 8.15. The maximum Gasteiger partial charge on any atom is 0.250 e. The summed E-state index contributed by atoms with van der Waals surface area (Å²) in [6.07, 6.45) is 0.499. The maximum absolute atomic E-state index is 10.8.